The Labute approximate surface area is 168 Å². The molecule has 0 spiro atoms. The summed E-state index contributed by atoms with van der Waals surface area (Å²) < 4.78 is 7.85. The molecule has 156 valence electrons. The molecule has 4 fully saturated rings. The van der Waals surface area contributed by atoms with Crippen LogP contribution in [0, 0.1) is 23.7 Å². The molecule has 1 amide bonds. The van der Waals surface area contributed by atoms with Gasteiger partial charge in [0.2, 0.25) is 5.88 Å². The molecule has 4 aliphatic rings. The molecule has 2 N–H and O–H groups in total. The third kappa shape index (κ3) is 3.56. The van der Waals surface area contributed by atoms with Crippen LogP contribution in [0.5, 0.6) is 5.88 Å². The number of carbonyl (C=O) groups excluding carboxylic acids is 1. The summed E-state index contributed by atoms with van der Waals surface area (Å²) in [6, 6.07) is 0.153. The minimum Gasteiger partial charge on any atom is -0.477 e. The van der Waals surface area contributed by atoms with E-state index in [-0.39, 0.29) is 17.5 Å². The summed E-state index contributed by atoms with van der Waals surface area (Å²) in [6.45, 7) is 10.9. The Balaban J connectivity index is 1.54. The van der Waals surface area contributed by atoms with Crippen molar-refractivity contribution in [2.75, 3.05) is 6.61 Å². The van der Waals surface area contributed by atoms with E-state index in [2.05, 4.69) is 45.0 Å². The van der Waals surface area contributed by atoms with E-state index in [4.69, 9.17) is 4.74 Å². The van der Waals surface area contributed by atoms with Gasteiger partial charge in [0.1, 0.15) is 5.56 Å². The van der Waals surface area contributed by atoms with E-state index in [1.807, 2.05) is 4.68 Å². The zero-order valence-electron chi connectivity index (χ0n) is 17.9. The first kappa shape index (κ1) is 19.7. The average molecular weight is 390 g/mol. The SMILES string of the molecule is CC(C)COc1c(C(=O)NC2C3CC4CC2CC(O)(C4)C3)cnn1C(C)(C)C. The molecule has 6 nitrogen and oxygen atoms in total. The van der Waals surface area contributed by atoms with Crippen molar-refractivity contribution in [1.82, 2.24) is 15.1 Å². The summed E-state index contributed by atoms with van der Waals surface area (Å²) >= 11 is 0. The Morgan fingerprint density at radius 3 is 2.50 bits per heavy atom. The fraction of sp³-hybridized carbons (Fsp3) is 0.818. The van der Waals surface area contributed by atoms with Gasteiger partial charge in [-0.25, -0.2) is 4.68 Å². The fourth-order valence-corrected chi connectivity index (χ4v) is 5.80. The van der Waals surface area contributed by atoms with Gasteiger partial charge in [0.25, 0.3) is 5.91 Å². The highest BCUT2D eigenvalue weighted by atomic mass is 16.5. The van der Waals surface area contributed by atoms with Crippen molar-refractivity contribution in [3.05, 3.63) is 11.8 Å². The summed E-state index contributed by atoms with van der Waals surface area (Å²) in [5.41, 5.74) is -0.236. The maximum Gasteiger partial charge on any atom is 0.258 e. The van der Waals surface area contributed by atoms with Gasteiger partial charge in [-0.15, -0.1) is 0 Å². The van der Waals surface area contributed by atoms with Crippen LogP contribution in [0.1, 0.15) is 77.1 Å². The number of hydrogen-bond acceptors (Lipinski definition) is 4. The van der Waals surface area contributed by atoms with Gasteiger partial charge in [-0.05, 0) is 76.5 Å². The van der Waals surface area contributed by atoms with Crippen molar-refractivity contribution >= 4 is 5.91 Å². The number of ether oxygens (including phenoxy) is 1. The highest BCUT2D eigenvalue weighted by Crippen LogP contribution is 2.55. The zero-order chi connectivity index (χ0) is 20.3. The minimum atomic E-state index is -0.486. The summed E-state index contributed by atoms with van der Waals surface area (Å²) in [7, 11) is 0. The Kier molecular flexibility index (Phi) is 4.76. The molecule has 1 heterocycles. The number of amides is 1. The molecule has 4 bridgehead atoms. The van der Waals surface area contributed by atoms with Crippen LogP contribution in [0.2, 0.25) is 0 Å². The molecule has 5 rings (SSSR count). The number of carbonyl (C=O) groups is 1. The molecule has 0 aromatic carbocycles. The number of aromatic nitrogens is 2. The lowest BCUT2D eigenvalue weighted by molar-refractivity contribution is -0.136. The van der Waals surface area contributed by atoms with Crippen LogP contribution in [0.25, 0.3) is 0 Å². The van der Waals surface area contributed by atoms with Crippen molar-refractivity contribution in [2.24, 2.45) is 23.7 Å². The highest BCUT2D eigenvalue weighted by molar-refractivity contribution is 5.96. The quantitative estimate of drug-likeness (QED) is 0.810. The predicted octanol–water partition coefficient (Wildman–Crippen LogP) is 3.34. The molecule has 0 saturated heterocycles. The van der Waals surface area contributed by atoms with Crippen LogP contribution in [-0.2, 0) is 5.54 Å². The van der Waals surface area contributed by atoms with Crippen molar-refractivity contribution in [2.45, 2.75) is 83.9 Å². The minimum absolute atomic E-state index is 0.0984. The topological polar surface area (TPSA) is 76.4 Å². The van der Waals surface area contributed by atoms with Gasteiger partial charge in [-0.2, -0.15) is 5.10 Å². The van der Waals surface area contributed by atoms with Gasteiger partial charge >= 0.3 is 0 Å². The van der Waals surface area contributed by atoms with Gasteiger partial charge in [-0.3, -0.25) is 4.79 Å². The van der Waals surface area contributed by atoms with Crippen LogP contribution in [0.15, 0.2) is 6.20 Å². The predicted molar refractivity (Wildman–Crippen MR) is 107 cm³/mol. The van der Waals surface area contributed by atoms with Crippen molar-refractivity contribution in [3.63, 3.8) is 0 Å². The lowest BCUT2D eigenvalue weighted by Crippen LogP contribution is -2.61. The Morgan fingerprint density at radius 1 is 1.32 bits per heavy atom. The van der Waals surface area contributed by atoms with Crippen molar-refractivity contribution in [3.8, 4) is 5.88 Å². The second-order valence-electron chi connectivity index (χ2n) is 10.8. The van der Waals surface area contributed by atoms with Crippen LogP contribution < -0.4 is 10.1 Å². The summed E-state index contributed by atoms with van der Waals surface area (Å²) in [5.74, 6) is 2.23. The lowest BCUT2D eigenvalue weighted by Gasteiger charge is -2.58. The van der Waals surface area contributed by atoms with E-state index in [1.54, 1.807) is 6.20 Å². The van der Waals surface area contributed by atoms with E-state index in [9.17, 15) is 9.90 Å². The number of hydrogen-bond donors (Lipinski definition) is 2. The van der Waals surface area contributed by atoms with E-state index >= 15 is 0 Å². The van der Waals surface area contributed by atoms with Crippen LogP contribution in [0.4, 0.5) is 0 Å². The molecule has 2 unspecified atom stereocenters. The van der Waals surface area contributed by atoms with E-state index in [0.29, 0.717) is 41.7 Å². The molecule has 2 atom stereocenters. The second kappa shape index (κ2) is 6.75. The van der Waals surface area contributed by atoms with Crippen molar-refractivity contribution < 1.29 is 14.6 Å². The molecular weight excluding hydrogens is 354 g/mol. The molecule has 1 aromatic heterocycles. The lowest BCUT2D eigenvalue weighted by atomic mass is 9.52. The molecule has 4 saturated carbocycles. The summed E-state index contributed by atoms with van der Waals surface area (Å²) in [5, 5.41) is 18.6. The zero-order valence-corrected chi connectivity index (χ0v) is 17.9. The summed E-state index contributed by atoms with van der Waals surface area (Å²) in [4.78, 5) is 13.2. The van der Waals surface area contributed by atoms with Crippen LogP contribution >= 0.6 is 0 Å². The van der Waals surface area contributed by atoms with E-state index in [1.165, 1.54) is 0 Å². The maximum absolute atomic E-state index is 13.2. The Bertz CT molecular complexity index is 733. The first-order valence-corrected chi connectivity index (χ1v) is 10.8. The van der Waals surface area contributed by atoms with Gasteiger partial charge in [0, 0.05) is 6.04 Å². The molecule has 1 aromatic rings. The van der Waals surface area contributed by atoms with Crippen LogP contribution in [-0.4, -0.2) is 39.0 Å². The number of nitrogens with zero attached hydrogens (tertiary/aromatic N) is 2. The smallest absolute Gasteiger partial charge is 0.258 e. The maximum atomic E-state index is 13.2. The third-order valence-corrected chi connectivity index (χ3v) is 6.70. The highest BCUT2D eigenvalue weighted by Gasteiger charge is 2.55. The Morgan fingerprint density at radius 2 is 1.96 bits per heavy atom. The Hall–Kier alpha value is -1.56. The largest absolute Gasteiger partial charge is 0.477 e. The first-order chi connectivity index (χ1) is 13.1. The van der Waals surface area contributed by atoms with Gasteiger partial charge in [-0.1, -0.05) is 13.8 Å². The molecule has 4 aliphatic carbocycles. The standard InChI is InChI=1S/C22H35N3O3/c1-13(2)12-28-20-17(11-23-25(20)21(3,4)5)19(26)24-18-15-6-14-7-16(18)10-22(27,8-14)9-15/h11,13-16,18,27H,6-10,12H2,1-5H3,(H,24,26). The van der Waals surface area contributed by atoms with Gasteiger partial charge < -0.3 is 15.2 Å². The van der Waals surface area contributed by atoms with Gasteiger partial charge in [0.15, 0.2) is 0 Å². The molecule has 28 heavy (non-hydrogen) atoms. The second-order valence-corrected chi connectivity index (χ2v) is 10.8. The number of rotatable bonds is 5. The van der Waals surface area contributed by atoms with Crippen LogP contribution in [0.3, 0.4) is 0 Å². The van der Waals surface area contributed by atoms with Gasteiger partial charge in [0.05, 0.1) is 23.9 Å². The van der Waals surface area contributed by atoms with E-state index < -0.39 is 5.60 Å². The molecule has 0 radical (unpaired) electrons. The average Bonchev–Trinajstić information content (AvgIpc) is 2.99. The third-order valence-electron chi connectivity index (χ3n) is 6.70. The first-order valence-electron chi connectivity index (χ1n) is 10.8. The molecule has 6 heteroatoms. The molecular formula is C22H35N3O3. The summed E-state index contributed by atoms with van der Waals surface area (Å²) in [6.07, 6.45) is 6.49. The normalized spacial score (nSPS) is 34.1. The van der Waals surface area contributed by atoms with Crippen molar-refractivity contribution in [1.29, 1.82) is 0 Å². The fourth-order valence-electron chi connectivity index (χ4n) is 5.80. The molecule has 0 aliphatic heterocycles. The number of aliphatic hydroxyl groups is 1. The monoisotopic (exact) mass is 389 g/mol. The number of nitrogens with one attached hydrogen (secondary N) is 1. The van der Waals surface area contributed by atoms with E-state index in [0.717, 1.165) is 32.1 Å².